The number of amides is 1. The molecular formula is C17H19N3O3. The second kappa shape index (κ2) is 6.24. The van der Waals surface area contributed by atoms with Gasteiger partial charge < -0.3 is 10.0 Å². The van der Waals surface area contributed by atoms with Crippen LogP contribution in [0.25, 0.3) is 5.69 Å². The minimum Gasteiger partial charge on any atom is -0.505 e. The van der Waals surface area contributed by atoms with E-state index in [4.69, 9.17) is 0 Å². The summed E-state index contributed by atoms with van der Waals surface area (Å²) in [5.41, 5.74) is -0.000612. The van der Waals surface area contributed by atoms with Crippen molar-refractivity contribution in [2.45, 2.75) is 19.8 Å². The summed E-state index contributed by atoms with van der Waals surface area (Å²) in [6.07, 6.45) is 1.87. The molecule has 0 saturated carbocycles. The summed E-state index contributed by atoms with van der Waals surface area (Å²) in [7, 11) is 0. The van der Waals surface area contributed by atoms with Crippen LogP contribution >= 0.6 is 0 Å². The van der Waals surface area contributed by atoms with Crippen molar-refractivity contribution in [3.05, 3.63) is 52.4 Å². The molecule has 2 heterocycles. The minimum atomic E-state index is -0.475. The summed E-state index contributed by atoms with van der Waals surface area (Å²) in [6.45, 7) is 3.45. The highest BCUT2D eigenvalue weighted by Gasteiger charge is 2.25. The van der Waals surface area contributed by atoms with Crippen LogP contribution in [0.3, 0.4) is 0 Å². The third-order valence-corrected chi connectivity index (χ3v) is 4.19. The fourth-order valence-corrected chi connectivity index (χ4v) is 2.71. The van der Waals surface area contributed by atoms with Crippen LogP contribution in [0.15, 0.2) is 41.2 Å². The summed E-state index contributed by atoms with van der Waals surface area (Å²) in [5, 5.41) is 14.1. The molecule has 1 aromatic carbocycles. The number of aromatic nitrogens is 2. The van der Waals surface area contributed by atoms with Crippen LogP contribution in [0.4, 0.5) is 0 Å². The third-order valence-electron chi connectivity index (χ3n) is 4.19. The van der Waals surface area contributed by atoms with Gasteiger partial charge in [0.25, 0.3) is 11.5 Å². The van der Waals surface area contributed by atoms with Crippen molar-refractivity contribution in [1.29, 1.82) is 0 Å². The second-order valence-corrected chi connectivity index (χ2v) is 5.94. The Bertz CT molecular complexity index is 762. The Labute approximate surface area is 134 Å². The minimum absolute atomic E-state index is 0.0805. The topological polar surface area (TPSA) is 75.4 Å². The lowest BCUT2D eigenvalue weighted by Crippen LogP contribution is -2.39. The molecule has 0 bridgehead atoms. The number of benzene rings is 1. The molecule has 0 radical (unpaired) electrons. The van der Waals surface area contributed by atoms with Crippen molar-refractivity contribution in [3.63, 3.8) is 0 Å². The van der Waals surface area contributed by atoms with Gasteiger partial charge in [-0.2, -0.15) is 9.78 Å². The molecule has 3 rings (SSSR count). The highest BCUT2D eigenvalue weighted by molar-refractivity contribution is 5.94. The average molecular weight is 313 g/mol. The molecule has 1 N–H and O–H groups in total. The number of likely N-dealkylation sites (tertiary alicyclic amines) is 1. The summed E-state index contributed by atoms with van der Waals surface area (Å²) in [4.78, 5) is 26.3. The molecule has 1 aliphatic heterocycles. The molecule has 0 unspecified atom stereocenters. The monoisotopic (exact) mass is 313 g/mol. The SMILES string of the molecule is CC1CCN(C(=O)c2nn(-c3ccccc3)c(=O)cc2O)CC1. The van der Waals surface area contributed by atoms with Gasteiger partial charge in [-0.1, -0.05) is 25.1 Å². The lowest BCUT2D eigenvalue weighted by Gasteiger charge is -2.30. The molecule has 1 amide bonds. The molecule has 1 fully saturated rings. The van der Waals surface area contributed by atoms with Crippen LogP contribution in [0, 0.1) is 5.92 Å². The molecule has 0 aliphatic carbocycles. The van der Waals surface area contributed by atoms with Crippen molar-refractivity contribution in [3.8, 4) is 11.4 Å². The van der Waals surface area contributed by atoms with Gasteiger partial charge in [0.1, 0.15) is 0 Å². The van der Waals surface area contributed by atoms with Crippen LogP contribution in [0.1, 0.15) is 30.3 Å². The Morgan fingerprint density at radius 2 is 1.87 bits per heavy atom. The maximum Gasteiger partial charge on any atom is 0.278 e. The first-order valence-corrected chi connectivity index (χ1v) is 7.74. The number of aromatic hydroxyl groups is 1. The molecule has 0 atom stereocenters. The normalized spacial score (nSPS) is 15.6. The quantitative estimate of drug-likeness (QED) is 0.917. The summed E-state index contributed by atoms with van der Waals surface area (Å²) in [5.74, 6) is -0.108. The van der Waals surface area contributed by atoms with Gasteiger partial charge in [0.05, 0.1) is 5.69 Å². The maximum atomic E-state index is 12.6. The molecule has 6 nitrogen and oxygen atoms in total. The Morgan fingerprint density at radius 3 is 2.52 bits per heavy atom. The van der Waals surface area contributed by atoms with Gasteiger partial charge in [0, 0.05) is 19.2 Å². The first-order valence-electron chi connectivity index (χ1n) is 7.74. The van der Waals surface area contributed by atoms with Gasteiger partial charge in [-0.3, -0.25) is 9.59 Å². The predicted molar refractivity (Wildman–Crippen MR) is 85.8 cm³/mol. The van der Waals surface area contributed by atoms with Crippen LogP contribution in [-0.4, -0.2) is 38.8 Å². The molecule has 23 heavy (non-hydrogen) atoms. The van der Waals surface area contributed by atoms with Crippen molar-refractivity contribution in [2.24, 2.45) is 5.92 Å². The lowest BCUT2D eigenvalue weighted by molar-refractivity contribution is 0.0685. The molecule has 1 saturated heterocycles. The van der Waals surface area contributed by atoms with Crippen molar-refractivity contribution in [1.82, 2.24) is 14.7 Å². The molecule has 1 aromatic heterocycles. The van der Waals surface area contributed by atoms with E-state index in [1.54, 1.807) is 29.2 Å². The van der Waals surface area contributed by atoms with Gasteiger partial charge in [0.2, 0.25) is 0 Å². The zero-order valence-electron chi connectivity index (χ0n) is 13.0. The molecule has 2 aromatic rings. The standard InChI is InChI=1S/C17H19N3O3/c1-12-7-9-19(10-8-12)17(23)16-14(21)11-15(22)20(18-16)13-5-3-2-4-6-13/h2-6,11-12,21H,7-10H2,1H3. The summed E-state index contributed by atoms with van der Waals surface area (Å²) in [6, 6.07) is 9.88. The molecular weight excluding hydrogens is 294 g/mol. The number of rotatable bonds is 2. The highest BCUT2D eigenvalue weighted by atomic mass is 16.3. The number of carbonyl (C=O) groups excluding carboxylic acids is 1. The second-order valence-electron chi connectivity index (χ2n) is 5.94. The number of carbonyl (C=O) groups is 1. The number of hydrogen-bond acceptors (Lipinski definition) is 4. The van der Waals surface area contributed by atoms with E-state index >= 15 is 0 Å². The maximum absolute atomic E-state index is 12.6. The lowest BCUT2D eigenvalue weighted by atomic mass is 9.99. The Morgan fingerprint density at radius 1 is 1.22 bits per heavy atom. The zero-order chi connectivity index (χ0) is 16.4. The first kappa shape index (κ1) is 15.3. The molecule has 120 valence electrons. The van der Waals surface area contributed by atoms with Gasteiger partial charge >= 0.3 is 0 Å². The van der Waals surface area contributed by atoms with Gasteiger partial charge in [-0.05, 0) is 30.9 Å². The van der Waals surface area contributed by atoms with E-state index in [0.717, 1.165) is 23.6 Å². The summed E-state index contributed by atoms with van der Waals surface area (Å²) < 4.78 is 1.14. The van der Waals surface area contributed by atoms with Gasteiger partial charge in [-0.25, -0.2) is 0 Å². The Kier molecular flexibility index (Phi) is 4.14. The van der Waals surface area contributed by atoms with Crippen molar-refractivity contribution in [2.75, 3.05) is 13.1 Å². The third kappa shape index (κ3) is 3.11. The van der Waals surface area contributed by atoms with E-state index in [1.165, 1.54) is 0 Å². The van der Waals surface area contributed by atoms with Crippen LogP contribution in [-0.2, 0) is 0 Å². The van der Waals surface area contributed by atoms with E-state index in [1.807, 2.05) is 6.07 Å². The van der Waals surface area contributed by atoms with E-state index in [-0.39, 0.29) is 17.4 Å². The molecule has 1 aliphatic rings. The Hall–Kier alpha value is -2.63. The van der Waals surface area contributed by atoms with Gasteiger partial charge in [0.15, 0.2) is 11.4 Å². The number of para-hydroxylation sites is 1. The van der Waals surface area contributed by atoms with Crippen LogP contribution in [0.5, 0.6) is 5.75 Å². The van der Waals surface area contributed by atoms with E-state index < -0.39 is 5.56 Å². The fraction of sp³-hybridized carbons (Fsp3) is 0.353. The summed E-state index contributed by atoms with van der Waals surface area (Å²) >= 11 is 0. The largest absolute Gasteiger partial charge is 0.505 e. The molecule has 0 spiro atoms. The fourth-order valence-electron chi connectivity index (χ4n) is 2.71. The van der Waals surface area contributed by atoms with Gasteiger partial charge in [-0.15, -0.1) is 0 Å². The Balaban J connectivity index is 1.96. The zero-order valence-corrected chi connectivity index (χ0v) is 13.0. The predicted octanol–water partition coefficient (Wildman–Crippen LogP) is 1.81. The first-order chi connectivity index (χ1) is 11.1. The van der Waals surface area contributed by atoms with Crippen LogP contribution < -0.4 is 5.56 Å². The van der Waals surface area contributed by atoms with Crippen molar-refractivity contribution >= 4 is 5.91 Å². The van der Waals surface area contributed by atoms with E-state index in [9.17, 15) is 14.7 Å². The number of nitrogens with zero attached hydrogens (tertiary/aromatic N) is 3. The highest BCUT2D eigenvalue weighted by Crippen LogP contribution is 2.20. The van der Waals surface area contributed by atoms with E-state index in [0.29, 0.717) is 24.7 Å². The average Bonchev–Trinajstić information content (AvgIpc) is 2.56. The smallest absolute Gasteiger partial charge is 0.278 e. The van der Waals surface area contributed by atoms with Crippen molar-refractivity contribution < 1.29 is 9.90 Å². The van der Waals surface area contributed by atoms with Crippen LogP contribution in [0.2, 0.25) is 0 Å². The van der Waals surface area contributed by atoms with E-state index in [2.05, 4.69) is 12.0 Å². The molecule has 6 heteroatoms. The number of hydrogen-bond donors (Lipinski definition) is 1. The number of piperidine rings is 1.